The van der Waals surface area contributed by atoms with E-state index in [4.69, 9.17) is 24.7 Å². The molecule has 0 fully saturated rings. The summed E-state index contributed by atoms with van der Waals surface area (Å²) < 4.78 is 16.0. The monoisotopic (exact) mass is 236 g/mol. The van der Waals surface area contributed by atoms with Crippen LogP contribution in [0, 0.1) is 5.92 Å². The standard InChI is InChI=1S/C9H24N2O3Si/c1-8(11)5-9(6-10)7-15(12-2,13-3)14-4/h8-9H,5-7,10-11H2,1-4H3. The zero-order valence-electron chi connectivity index (χ0n) is 10.2. The van der Waals surface area contributed by atoms with Gasteiger partial charge in [-0.3, -0.25) is 0 Å². The van der Waals surface area contributed by atoms with Gasteiger partial charge in [0.05, 0.1) is 0 Å². The highest BCUT2D eigenvalue weighted by molar-refractivity contribution is 6.60. The second-order valence-corrected chi connectivity index (χ2v) is 6.81. The van der Waals surface area contributed by atoms with E-state index in [1.165, 1.54) is 0 Å². The van der Waals surface area contributed by atoms with E-state index in [1.807, 2.05) is 6.92 Å². The molecule has 0 saturated carbocycles. The summed E-state index contributed by atoms with van der Waals surface area (Å²) in [6.07, 6.45) is 0.862. The molecule has 0 spiro atoms. The van der Waals surface area contributed by atoms with Crippen LogP contribution in [0.1, 0.15) is 13.3 Å². The summed E-state index contributed by atoms with van der Waals surface area (Å²) in [7, 11) is 2.33. The van der Waals surface area contributed by atoms with E-state index in [2.05, 4.69) is 0 Å². The van der Waals surface area contributed by atoms with Crippen LogP contribution >= 0.6 is 0 Å². The summed E-state index contributed by atoms with van der Waals surface area (Å²) in [4.78, 5) is 0. The molecule has 0 aliphatic heterocycles. The first-order chi connectivity index (χ1) is 7.03. The third kappa shape index (κ3) is 5.05. The Hall–Kier alpha value is 0.0169. The van der Waals surface area contributed by atoms with Crippen LogP contribution in [-0.4, -0.2) is 42.7 Å². The van der Waals surface area contributed by atoms with E-state index in [-0.39, 0.29) is 12.0 Å². The van der Waals surface area contributed by atoms with Crippen molar-refractivity contribution in [1.29, 1.82) is 0 Å². The number of rotatable bonds is 8. The molecule has 6 heteroatoms. The highest BCUT2D eigenvalue weighted by Crippen LogP contribution is 2.21. The first-order valence-corrected chi connectivity index (χ1v) is 7.07. The van der Waals surface area contributed by atoms with E-state index in [0.29, 0.717) is 12.6 Å². The average Bonchev–Trinajstić information content (AvgIpc) is 2.24. The van der Waals surface area contributed by atoms with Gasteiger partial charge >= 0.3 is 8.80 Å². The van der Waals surface area contributed by atoms with Crippen molar-refractivity contribution in [3.63, 3.8) is 0 Å². The molecule has 0 rings (SSSR count). The summed E-state index contributed by atoms with van der Waals surface area (Å²) in [6.45, 7) is 2.55. The van der Waals surface area contributed by atoms with Crippen molar-refractivity contribution in [2.75, 3.05) is 27.9 Å². The highest BCUT2D eigenvalue weighted by Gasteiger charge is 2.40. The molecule has 0 saturated heterocycles. The smallest absolute Gasteiger partial charge is 0.377 e. The lowest BCUT2D eigenvalue weighted by Gasteiger charge is -2.28. The van der Waals surface area contributed by atoms with Crippen molar-refractivity contribution in [1.82, 2.24) is 0 Å². The summed E-state index contributed by atoms with van der Waals surface area (Å²) in [5.41, 5.74) is 11.4. The third-order valence-corrected chi connectivity index (χ3v) is 5.45. The molecule has 0 aromatic carbocycles. The Balaban J connectivity index is 4.34. The number of hydrogen-bond acceptors (Lipinski definition) is 5. The van der Waals surface area contributed by atoms with Gasteiger partial charge in [0, 0.05) is 33.4 Å². The van der Waals surface area contributed by atoms with Crippen molar-refractivity contribution in [2.24, 2.45) is 17.4 Å². The zero-order valence-corrected chi connectivity index (χ0v) is 11.2. The fourth-order valence-corrected chi connectivity index (χ4v) is 3.68. The molecule has 4 N–H and O–H groups in total. The van der Waals surface area contributed by atoms with Crippen molar-refractivity contribution in [3.8, 4) is 0 Å². The van der Waals surface area contributed by atoms with E-state index in [0.717, 1.165) is 6.42 Å². The predicted octanol–water partition coefficient (Wildman–Crippen LogP) is 0.177. The lowest BCUT2D eigenvalue weighted by molar-refractivity contribution is 0.117. The van der Waals surface area contributed by atoms with Crippen LogP contribution in [0.5, 0.6) is 0 Å². The van der Waals surface area contributed by atoms with E-state index in [1.54, 1.807) is 21.3 Å². The molecule has 15 heavy (non-hydrogen) atoms. The normalized spacial score (nSPS) is 16.4. The molecule has 0 heterocycles. The summed E-state index contributed by atoms with van der Waals surface area (Å²) in [5, 5.41) is 0. The predicted molar refractivity (Wildman–Crippen MR) is 62.4 cm³/mol. The van der Waals surface area contributed by atoms with Gasteiger partial charge in [0.25, 0.3) is 0 Å². The molecule has 2 atom stereocenters. The second-order valence-electron chi connectivity index (χ2n) is 3.81. The van der Waals surface area contributed by atoms with Crippen LogP contribution in [0.3, 0.4) is 0 Å². The first-order valence-electron chi connectivity index (χ1n) is 5.14. The fraction of sp³-hybridized carbons (Fsp3) is 1.00. The van der Waals surface area contributed by atoms with Crippen LogP contribution in [0.15, 0.2) is 0 Å². The first kappa shape index (κ1) is 15.0. The van der Waals surface area contributed by atoms with Crippen molar-refractivity contribution in [3.05, 3.63) is 0 Å². The molecule has 5 nitrogen and oxygen atoms in total. The van der Waals surface area contributed by atoms with Gasteiger partial charge in [0.15, 0.2) is 0 Å². The van der Waals surface area contributed by atoms with Crippen LogP contribution in [-0.2, 0) is 13.3 Å². The molecular weight excluding hydrogens is 212 g/mol. The highest BCUT2D eigenvalue weighted by atomic mass is 28.4. The summed E-state index contributed by atoms with van der Waals surface area (Å²) in [6, 6.07) is 0.852. The molecule has 0 aliphatic carbocycles. The average molecular weight is 236 g/mol. The quantitative estimate of drug-likeness (QED) is 0.588. The maximum absolute atomic E-state index is 5.75. The topological polar surface area (TPSA) is 79.7 Å². The maximum atomic E-state index is 5.75. The van der Waals surface area contributed by atoms with Crippen LogP contribution < -0.4 is 11.5 Å². The second kappa shape index (κ2) is 7.32. The minimum atomic E-state index is -2.50. The number of nitrogens with two attached hydrogens (primary N) is 2. The van der Waals surface area contributed by atoms with Crippen LogP contribution in [0.4, 0.5) is 0 Å². The minimum absolute atomic E-state index is 0.135. The van der Waals surface area contributed by atoms with Crippen LogP contribution in [0.2, 0.25) is 6.04 Å². The Kier molecular flexibility index (Phi) is 7.32. The molecule has 2 unspecified atom stereocenters. The van der Waals surface area contributed by atoms with Gasteiger partial charge in [0.2, 0.25) is 0 Å². The van der Waals surface area contributed by atoms with Crippen molar-refractivity contribution < 1.29 is 13.3 Å². The molecule has 0 aliphatic rings. The fourth-order valence-electron chi connectivity index (χ4n) is 1.64. The van der Waals surface area contributed by atoms with E-state index < -0.39 is 8.80 Å². The lowest BCUT2D eigenvalue weighted by Crippen LogP contribution is -2.46. The zero-order chi connectivity index (χ0) is 11.9. The molecule has 0 amide bonds. The summed E-state index contributed by atoms with van der Waals surface area (Å²) >= 11 is 0. The van der Waals surface area contributed by atoms with Crippen molar-refractivity contribution in [2.45, 2.75) is 25.4 Å². The SMILES string of the molecule is CO[Si](CC(CN)CC(C)N)(OC)OC. The van der Waals surface area contributed by atoms with Crippen molar-refractivity contribution >= 4 is 8.80 Å². The number of hydrogen-bond donors (Lipinski definition) is 2. The lowest BCUT2D eigenvalue weighted by atomic mass is 10.0. The Labute approximate surface area is 93.4 Å². The Morgan fingerprint density at radius 3 is 1.87 bits per heavy atom. The Morgan fingerprint density at radius 2 is 1.60 bits per heavy atom. The van der Waals surface area contributed by atoms with Gasteiger partial charge in [-0.1, -0.05) is 0 Å². The molecule has 0 aromatic rings. The molecule has 0 bridgehead atoms. The Morgan fingerprint density at radius 1 is 1.13 bits per heavy atom. The Bertz CT molecular complexity index is 157. The van der Waals surface area contributed by atoms with E-state index >= 15 is 0 Å². The molecular formula is C9H24N2O3Si. The van der Waals surface area contributed by atoms with Gasteiger partial charge in [-0.25, -0.2) is 0 Å². The van der Waals surface area contributed by atoms with E-state index in [9.17, 15) is 0 Å². The molecule has 92 valence electrons. The van der Waals surface area contributed by atoms with Gasteiger partial charge in [-0.15, -0.1) is 0 Å². The third-order valence-electron chi connectivity index (χ3n) is 2.51. The van der Waals surface area contributed by atoms with Gasteiger partial charge in [-0.05, 0) is 25.8 Å². The largest absolute Gasteiger partial charge is 0.500 e. The van der Waals surface area contributed by atoms with Gasteiger partial charge in [-0.2, -0.15) is 0 Å². The van der Waals surface area contributed by atoms with Gasteiger partial charge in [0.1, 0.15) is 0 Å². The summed E-state index contributed by atoms with van der Waals surface area (Å²) in [5.74, 6) is 0.288. The minimum Gasteiger partial charge on any atom is -0.377 e. The molecule has 0 radical (unpaired) electrons. The molecule has 0 aromatic heterocycles. The maximum Gasteiger partial charge on any atom is 0.500 e. The van der Waals surface area contributed by atoms with Gasteiger partial charge < -0.3 is 24.7 Å². The van der Waals surface area contributed by atoms with Crippen LogP contribution in [0.25, 0.3) is 0 Å².